The highest BCUT2D eigenvalue weighted by Crippen LogP contribution is 2.35. The summed E-state index contributed by atoms with van der Waals surface area (Å²) in [4.78, 5) is 23.1. The summed E-state index contributed by atoms with van der Waals surface area (Å²) in [5, 5.41) is 2.71. The van der Waals surface area contributed by atoms with Crippen molar-refractivity contribution in [1.82, 2.24) is 15.3 Å². The van der Waals surface area contributed by atoms with Crippen LogP contribution in [-0.2, 0) is 27.3 Å². The molecule has 0 aliphatic carbocycles. The van der Waals surface area contributed by atoms with E-state index in [4.69, 9.17) is 0 Å². The highest BCUT2D eigenvalue weighted by molar-refractivity contribution is 7.91. The molecule has 1 saturated heterocycles. The van der Waals surface area contributed by atoms with Gasteiger partial charge in [0.05, 0.1) is 34.4 Å². The molecule has 8 nitrogen and oxygen atoms in total. The maximum atomic E-state index is 13.0. The van der Waals surface area contributed by atoms with E-state index in [9.17, 15) is 35.2 Å². The van der Waals surface area contributed by atoms with Gasteiger partial charge in [-0.2, -0.15) is 22.0 Å². The Hall–Kier alpha value is -3.65. The van der Waals surface area contributed by atoms with Crippen LogP contribution in [0.25, 0.3) is 0 Å². The summed E-state index contributed by atoms with van der Waals surface area (Å²) in [5.74, 6) is -0.545. The lowest BCUT2D eigenvalue weighted by molar-refractivity contribution is -0.137. The zero-order chi connectivity index (χ0) is 30.5. The number of nitrogens with zero attached hydrogens (tertiary/aromatic N) is 3. The van der Waals surface area contributed by atoms with Crippen molar-refractivity contribution in [3.63, 3.8) is 0 Å². The molecule has 1 N–H and O–H groups in total. The fraction of sp³-hybridized carbons (Fsp3) is 0.393. The van der Waals surface area contributed by atoms with Crippen LogP contribution in [0.15, 0.2) is 65.8 Å². The van der Waals surface area contributed by atoms with Crippen LogP contribution in [-0.4, -0.2) is 55.9 Å². The van der Waals surface area contributed by atoms with E-state index in [1.807, 2.05) is 0 Å². The van der Waals surface area contributed by atoms with Gasteiger partial charge in [-0.25, -0.2) is 18.4 Å². The first kappa shape index (κ1) is 31.3. The molecule has 3 aromatic rings. The quantitative estimate of drug-likeness (QED) is 0.314. The Kier molecular flexibility index (Phi) is 9.77. The van der Waals surface area contributed by atoms with Crippen LogP contribution >= 0.6 is 0 Å². The molecule has 4 rings (SSSR count). The molecule has 1 aliphatic heterocycles. The first-order chi connectivity index (χ1) is 19.9. The molecule has 14 heteroatoms. The number of alkyl halides is 5. The zero-order valence-electron chi connectivity index (χ0n) is 22.5. The average Bonchev–Trinajstić information content (AvgIpc) is 2.98. The van der Waals surface area contributed by atoms with E-state index in [2.05, 4.69) is 20.0 Å². The predicted octanol–water partition coefficient (Wildman–Crippen LogP) is 5.21. The van der Waals surface area contributed by atoms with Crippen molar-refractivity contribution in [2.24, 2.45) is 0 Å². The Morgan fingerprint density at radius 3 is 2.26 bits per heavy atom. The number of carbonyl (C=O) groups is 1. The van der Waals surface area contributed by atoms with Gasteiger partial charge in [0.25, 0.3) is 5.91 Å². The molecular weight excluding hydrogens is 583 g/mol. The average molecular weight is 613 g/mol. The number of hydrogen-bond donors (Lipinski definition) is 1. The monoisotopic (exact) mass is 612 g/mol. The minimum atomic E-state index is -4.46. The second-order valence-corrected chi connectivity index (χ2v) is 12.1. The van der Waals surface area contributed by atoms with Gasteiger partial charge < -0.3 is 15.0 Å². The van der Waals surface area contributed by atoms with Gasteiger partial charge >= 0.3 is 12.8 Å². The maximum absolute atomic E-state index is 13.0. The smallest absolute Gasteiger partial charge is 0.348 e. The van der Waals surface area contributed by atoms with Crippen LogP contribution in [0.1, 0.15) is 52.7 Å². The third-order valence-electron chi connectivity index (χ3n) is 7.10. The highest BCUT2D eigenvalue weighted by atomic mass is 32.2. The van der Waals surface area contributed by atoms with E-state index in [0.29, 0.717) is 24.0 Å². The second-order valence-electron chi connectivity index (χ2n) is 9.80. The number of amides is 1. The number of carbonyl (C=O) groups excluding carboxylic acids is 1. The molecule has 1 aromatic heterocycles. The summed E-state index contributed by atoms with van der Waals surface area (Å²) >= 11 is 0. The molecule has 0 bridgehead atoms. The number of rotatable bonds is 10. The molecule has 2 heterocycles. The minimum absolute atomic E-state index is 0.0216. The summed E-state index contributed by atoms with van der Waals surface area (Å²) in [5.41, 5.74) is 0.722. The maximum Gasteiger partial charge on any atom is 0.416 e. The SMILES string of the molecule is CCS(=O)(=O)c1ccc(CNC(=O)c2cnc(N3CC(c4ccc(C(F)(F)F)cc4)CC[C@H]3COC(F)F)nc2)cc1. The molecule has 42 heavy (non-hydrogen) atoms. The zero-order valence-corrected chi connectivity index (χ0v) is 23.3. The van der Waals surface area contributed by atoms with Crippen molar-refractivity contribution < 1.29 is 39.9 Å². The van der Waals surface area contributed by atoms with Gasteiger partial charge in [-0.05, 0) is 48.2 Å². The minimum Gasteiger partial charge on any atom is -0.348 e. The van der Waals surface area contributed by atoms with Crippen molar-refractivity contribution in [1.29, 1.82) is 0 Å². The number of halogens is 5. The van der Waals surface area contributed by atoms with Gasteiger partial charge in [0.1, 0.15) is 0 Å². The summed E-state index contributed by atoms with van der Waals surface area (Å²) in [6.07, 6.45) is -0.935. The molecule has 226 valence electrons. The summed E-state index contributed by atoms with van der Waals surface area (Å²) in [6.45, 7) is -1.35. The molecule has 2 atom stereocenters. The molecule has 0 saturated carbocycles. The van der Waals surface area contributed by atoms with Crippen molar-refractivity contribution >= 4 is 21.7 Å². The van der Waals surface area contributed by atoms with E-state index in [1.165, 1.54) is 36.7 Å². The van der Waals surface area contributed by atoms with Crippen molar-refractivity contribution in [2.75, 3.05) is 23.8 Å². The van der Waals surface area contributed by atoms with Gasteiger partial charge in [-0.15, -0.1) is 0 Å². The van der Waals surface area contributed by atoms with Crippen LogP contribution in [0.5, 0.6) is 0 Å². The van der Waals surface area contributed by atoms with Crippen LogP contribution in [0, 0.1) is 0 Å². The number of sulfone groups is 1. The number of aromatic nitrogens is 2. The Labute approximate surface area is 239 Å². The van der Waals surface area contributed by atoms with Gasteiger partial charge in [-0.1, -0.05) is 31.2 Å². The van der Waals surface area contributed by atoms with E-state index in [0.717, 1.165) is 12.1 Å². The first-order valence-electron chi connectivity index (χ1n) is 13.1. The van der Waals surface area contributed by atoms with Gasteiger partial charge in [-0.3, -0.25) is 4.79 Å². The molecule has 1 fully saturated rings. The van der Waals surface area contributed by atoms with Gasteiger partial charge in [0.2, 0.25) is 5.95 Å². The number of hydrogen-bond acceptors (Lipinski definition) is 7. The third-order valence-corrected chi connectivity index (χ3v) is 8.85. The van der Waals surface area contributed by atoms with Crippen molar-refractivity contribution in [3.05, 3.63) is 83.2 Å². The van der Waals surface area contributed by atoms with E-state index < -0.39 is 40.1 Å². The lowest BCUT2D eigenvalue weighted by Crippen LogP contribution is -2.46. The number of nitrogens with one attached hydrogen (secondary N) is 1. The molecule has 2 aromatic carbocycles. The largest absolute Gasteiger partial charge is 0.416 e. The number of piperidine rings is 1. The standard InChI is InChI=1S/C28H29F5N4O4S/c1-2-42(39,40)24-11-3-18(4-12-24)13-34-25(38)21-14-35-27(36-15-21)37-16-20(7-10-23(37)17-41-26(29)30)19-5-8-22(9-6-19)28(31,32)33/h3-6,8-9,11-12,14-15,20,23,26H,2,7,10,13,16-17H2,1H3,(H,34,38)/t20?,23-/m0/s1. The normalized spacial score (nSPS) is 17.8. The van der Waals surface area contributed by atoms with Crippen LogP contribution in [0.2, 0.25) is 0 Å². The first-order valence-corrected chi connectivity index (χ1v) is 14.8. The topological polar surface area (TPSA) is 101 Å². The number of ether oxygens (including phenoxy) is 1. The fourth-order valence-electron chi connectivity index (χ4n) is 4.70. The third kappa shape index (κ3) is 7.79. The fourth-order valence-corrected chi connectivity index (χ4v) is 5.58. The van der Waals surface area contributed by atoms with Crippen LogP contribution in [0.3, 0.4) is 0 Å². The molecule has 0 spiro atoms. The Morgan fingerprint density at radius 2 is 1.69 bits per heavy atom. The molecule has 0 radical (unpaired) electrons. The predicted molar refractivity (Wildman–Crippen MR) is 144 cm³/mol. The summed E-state index contributed by atoms with van der Waals surface area (Å²) < 4.78 is 93.0. The lowest BCUT2D eigenvalue weighted by atomic mass is 9.87. The second kappa shape index (κ2) is 13.1. The van der Waals surface area contributed by atoms with Crippen LogP contribution < -0.4 is 10.2 Å². The Bertz CT molecular complexity index is 1450. The molecule has 1 amide bonds. The van der Waals surface area contributed by atoms with Crippen molar-refractivity contribution in [3.8, 4) is 0 Å². The Morgan fingerprint density at radius 1 is 1.05 bits per heavy atom. The van der Waals surface area contributed by atoms with Crippen LogP contribution in [0.4, 0.5) is 27.9 Å². The molecule has 1 aliphatic rings. The number of anilines is 1. The Balaban J connectivity index is 1.44. The summed E-state index contributed by atoms with van der Waals surface area (Å²) in [6, 6.07) is 10.5. The van der Waals surface area contributed by atoms with E-state index in [1.54, 1.807) is 24.0 Å². The number of benzene rings is 2. The van der Waals surface area contributed by atoms with Gasteiger partial charge in [0, 0.05) is 31.4 Å². The highest BCUT2D eigenvalue weighted by Gasteiger charge is 2.33. The molecular formula is C28H29F5N4O4S. The van der Waals surface area contributed by atoms with E-state index in [-0.39, 0.29) is 47.8 Å². The summed E-state index contributed by atoms with van der Waals surface area (Å²) in [7, 11) is -3.34. The lowest BCUT2D eigenvalue weighted by Gasteiger charge is -2.39. The van der Waals surface area contributed by atoms with Crippen molar-refractivity contribution in [2.45, 2.75) is 56.0 Å². The van der Waals surface area contributed by atoms with E-state index >= 15 is 0 Å². The molecule has 1 unspecified atom stereocenters. The van der Waals surface area contributed by atoms with Gasteiger partial charge in [0.15, 0.2) is 9.84 Å².